The molecule has 5 heteroatoms. The molecule has 0 bridgehead atoms. The molecule has 0 aliphatic heterocycles. The highest BCUT2D eigenvalue weighted by atomic mass is 16.1. The van der Waals surface area contributed by atoms with Gasteiger partial charge in [0.05, 0.1) is 17.6 Å². The first-order valence-electron chi connectivity index (χ1n) is 7.87. The van der Waals surface area contributed by atoms with Crippen LogP contribution in [0.25, 0.3) is 21.9 Å². The fourth-order valence-electron chi connectivity index (χ4n) is 3.02. The topological polar surface area (TPSA) is 51.9 Å². The van der Waals surface area contributed by atoms with Gasteiger partial charge in [0.15, 0.2) is 0 Å². The Labute approximate surface area is 139 Å². The molecule has 5 nitrogen and oxygen atoms in total. The van der Waals surface area contributed by atoms with Gasteiger partial charge in [0, 0.05) is 31.4 Å². The summed E-state index contributed by atoms with van der Waals surface area (Å²) in [7, 11) is 3.94. The lowest BCUT2D eigenvalue weighted by Gasteiger charge is -2.06. The van der Waals surface area contributed by atoms with Gasteiger partial charge in [-0.3, -0.25) is 4.79 Å². The first kappa shape index (κ1) is 14.5. The van der Waals surface area contributed by atoms with E-state index in [9.17, 15) is 4.79 Å². The number of carbonyl (C=O) groups excluding carboxylic acids is 1. The average molecular weight is 318 g/mol. The lowest BCUT2D eigenvalue weighted by molar-refractivity contribution is 0.0950. The molecule has 2 heterocycles. The van der Waals surface area contributed by atoms with Crippen LogP contribution in [0.1, 0.15) is 16.2 Å². The van der Waals surface area contributed by atoms with E-state index in [2.05, 4.69) is 10.3 Å². The number of fused-ring (bicyclic) bond motifs is 2. The molecule has 24 heavy (non-hydrogen) atoms. The largest absolute Gasteiger partial charge is 0.351 e. The summed E-state index contributed by atoms with van der Waals surface area (Å²) in [6.07, 6.45) is 1.99. The molecule has 1 amide bonds. The van der Waals surface area contributed by atoms with Crippen molar-refractivity contribution in [2.75, 3.05) is 0 Å². The summed E-state index contributed by atoms with van der Waals surface area (Å²) in [6, 6.07) is 15.7. The number of rotatable bonds is 3. The van der Waals surface area contributed by atoms with E-state index in [0.29, 0.717) is 12.1 Å². The van der Waals surface area contributed by atoms with Gasteiger partial charge in [0.2, 0.25) is 0 Å². The minimum atomic E-state index is -0.0924. The minimum absolute atomic E-state index is 0.0924. The van der Waals surface area contributed by atoms with Crippen LogP contribution in [0.15, 0.2) is 54.7 Å². The second-order valence-electron chi connectivity index (χ2n) is 5.96. The zero-order valence-corrected chi connectivity index (χ0v) is 13.7. The van der Waals surface area contributed by atoms with Crippen LogP contribution in [-0.4, -0.2) is 20.0 Å². The number of nitrogens with zero attached hydrogens (tertiary/aromatic N) is 3. The Kier molecular flexibility index (Phi) is 3.34. The molecule has 0 radical (unpaired) electrons. The number of amides is 1. The molecular weight excluding hydrogens is 300 g/mol. The first-order valence-corrected chi connectivity index (χ1v) is 7.87. The van der Waals surface area contributed by atoms with Crippen LogP contribution in [0.2, 0.25) is 0 Å². The van der Waals surface area contributed by atoms with Crippen molar-refractivity contribution in [3.8, 4) is 0 Å². The molecule has 2 aromatic carbocycles. The van der Waals surface area contributed by atoms with Gasteiger partial charge >= 0.3 is 0 Å². The Balaban J connectivity index is 1.56. The summed E-state index contributed by atoms with van der Waals surface area (Å²) in [5.41, 5.74) is 3.70. The number of imidazole rings is 1. The number of carbonyl (C=O) groups is 1. The normalized spacial score (nSPS) is 11.2. The summed E-state index contributed by atoms with van der Waals surface area (Å²) in [6.45, 7) is 0.398. The average Bonchev–Trinajstić information content (AvgIpc) is 3.13. The molecule has 0 aliphatic rings. The summed E-state index contributed by atoms with van der Waals surface area (Å²) in [5.74, 6) is 0.745. The van der Waals surface area contributed by atoms with Crippen molar-refractivity contribution in [3.63, 3.8) is 0 Å². The lowest BCUT2D eigenvalue weighted by atomic mass is 10.1. The Hall–Kier alpha value is -3.08. The van der Waals surface area contributed by atoms with E-state index in [1.807, 2.05) is 78.0 Å². The Morgan fingerprint density at radius 2 is 1.92 bits per heavy atom. The van der Waals surface area contributed by atoms with E-state index >= 15 is 0 Å². The molecule has 4 rings (SSSR count). The third-order valence-corrected chi connectivity index (χ3v) is 4.44. The van der Waals surface area contributed by atoms with Gasteiger partial charge in [0.1, 0.15) is 5.82 Å². The van der Waals surface area contributed by atoms with Gasteiger partial charge in [0.25, 0.3) is 5.91 Å². The van der Waals surface area contributed by atoms with Crippen molar-refractivity contribution in [2.45, 2.75) is 6.54 Å². The van der Waals surface area contributed by atoms with E-state index in [0.717, 1.165) is 27.8 Å². The molecule has 0 fully saturated rings. The maximum Gasteiger partial charge on any atom is 0.251 e. The molecule has 0 unspecified atom stereocenters. The third kappa shape index (κ3) is 2.34. The molecule has 2 aromatic heterocycles. The molecule has 120 valence electrons. The molecule has 0 saturated heterocycles. The van der Waals surface area contributed by atoms with Crippen molar-refractivity contribution in [1.82, 2.24) is 19.4 Å². The van der Waals surface area contributed by atoms with Crippen molar-refractivity contribution >= 4 is 27.8 Å². The number of aromatic nitrogens is 3. The summed E-state index contributed by atoms with van der Waals surface area (Å²) < 4.78 is 4.02. The summed E-state index contributed by atoms with van der Waals surface area (Å²) >= 11 is 0. The molecule has 0 spiro atoms. The van der Waals surface area contributed by atoms with E-state index in [4.69, 9.17) is 0 Å². The number of hydrogen-bond acceptors (Lipinski definition) is 2. The van der Waals surface area contributed by atoms with Crippen molar-refractivity contribution in [3.05, 3.63) is 66.1 Å². The van der Waals surface area contributed by atoms with Gasteiger partial charge in [-0.05, 0) is 35.7 Å². The third-order valence-electron chi connectivity index (χ3n) is 4.44. The standard InChI is InChI=1S/C19H18N4O/c1-22-10-9-13-7-8-14(11-17(13)22)19(24)20-12-18-21-15-5-3-4-6-16(15)23(18)2/h3-11H,12H2,1-2H3,(H,20,24). The van der Waals surface area contributed by atoms with Crippen LogP contribution in [0.4, 0.5) is 0 Å². The second kappa shape index (κ2) is 5.53. The van der Waals surface area contributed by atoms with Gasteiger partial charge in [-0.1, -0.05) is 18.2 Å². The van der Waals surface area contributed by atoms with Gasteiger partial charge in [-0.15, -0.1) is 0 Å². The number of para-hydroxylation sites is 2. The Bertz CT molecular complexity index is 1060. The highest BCUT2D eigenvalue weighted by Gasteiger charge is 2.11. The smallest absolute Gasteiger partial charge is 0.251 e. The predicted octanol–water partition coefficient (Wildman–Crippen LogP) is 3.00. The predicted molar refractivity (Wildman–Crippen MR) is 94.8 cm³/mol. The van der Waals surface area contributed by atoms with Gasteiger partial charge in [-0.25, -0.2) is 4.98 Å². The lowest BCUT2D eigenvalue weighted by Crippen LogP contribution is -2.24. The second-order valence-corrected chi connectivity index (χ2v) is 5.96. The molecule has 1 N–H and O–H groups in total. The van der Waals surface area contributed by atoms with Crippen LogP contribution >= 0.6 is 0 Å². The molecule has 0 saturated carbocycles. The highest BCUT2D eigenvalue weighted by molar-refractivity contribution is 5.98. The fraction of sp³-hybridized carbons (Fsp3) is 0.158. The number of aryl methyl sites for hydroxylation is 2. The van der Waals surface area contributed by atoms with Crippen LogP contribution in [-0.2, 0) is 20.6 Å². The van der Waals surface area contributed by atoms with Crippen molar-refractivity contribution in [2.24, 2.45) is 14.1 Å². The minimum Gasteiger partial charge on any atom is -0.351 e. The zero-order chi connectivity index (χ0) is 16.7. The number of benzene rings is 2. The van der Waals surface area contributed by atoms with Gasteiger partial charge in [-0.2, -0.15) is 0 Å². The first-order chi connectivity index (χ1) is 11.6. The maximum absolute atomic E-state index is 12.5. The van der Waals surface area contributed by atoms with Crippen LogP contribution in [0.5, 0.6) is 0 Å². The van der Waals surface area contributed by atoms with E-state index in [1.54, 1.807) is 0 Å². The van der Waals surface area contributed by atoms with E-state index in [1.165, 1.54) is 0 Å². The molecule has 0 atom stereocenters. The van der Waals surface area contributed by atoms with Crippen molar-refractivity contribution in [1.29, 1.82) is 0 Å². The van der Waals surface area contributed by atoms with Crippen LogP contribution in [0, 0.1) is 0 Å². The van der Waals surface area contributed by atoms with Gasteiger partial charge < -0.3 is 14.5 Å². The van der Waals surface area contributed by atoms with Crippen LogP contribution in [0.3, 0.4) is 0 Å². The Morgan fingerprint density at radius 3 is 2.75 bits per heavy atom. The fourth-order valence-corrected chi connectivity index (χ4v) is 3.02. The molecule has 4 aromatic rings. The number of hydrogen-bond donors (Lipinski definition) is 1. The molecular formula is C19H18N4O. The van der Waals surface area contributed by atoms with Crippen LogP contribution < -0.4 is 5.32 Å². The van der Waals surface area contributed by atoms with Crippen molar-refractivity contribution < 1.29 is 4.79 Å². The highest BCUT2D eigenvalue weighted by Crippen LogP contribution is 2.17. The summed E-state index contributed by atoms with van der Waals surface area (Å²) in [5, 5.41) is 4.09. The number of nitrogens with one attached hydrogen (secondary N) is 1. The SMILES string of the molecule is Cn1ccc2ccc(C(=O)NCc3nc4ccccc4n3C)cc21. The quantitative estimate of drug-likeness (QED) is 0.631. The molecule has 0 aliphatic carbocycles. The Morgan fingerprint density at radius 1 is 1.08 bits per heavy atom. The summed E-state index contributed by atoms with van der Waals surface area (Å²) in [4.78, 5) is 17.0. The monoisotopic (exact) mass is 318 g/mol. The maximum atomic E-state index is 12.5. The van der Waals surface area contributed by atoms with E-state index in [-0.39, 0.29) is 5.91 Å². The zero-order valence-electron chi connectivity index (χ0n) is 13.7. The van der Waals surface area contributed by atoms with E-state index < -0.39 is 0 Å².